The lowest BCUT2D eigenvalue weighted by molar-refractivity contribution is 0.0216. The van der Waals surface area contributed by atoms with E-state index in [4.69, 9.17) is 4.74 Å². The van der Waals surface area contributed by atoms with E-state index in [0.29, 0.717) is 23.0 Å². The number of aromatic nitrogens is 6. The molecule has 37 heavy (non-hydrogen) atoms. The summed E-state index contributed by atoms with van der Waals surface area (Å²) in [5.74, 6) is 0.974. The minimum Gasteiger partial charge on any atom is -0.358 e. The van der Waals surface area contributed by atoms with Crippen molar-refractivity contribution in [1.29, 1.82) is 0 Å². The summed E-state index contributed by atoms with van der Waals surface area (Å²) in [4.78, 5) is 24.4. The van der Waals surface area contributed by atoms with Crippen molar-refractivity contribution in [2.45, 2.75) is 58.0 Å². The Hall–Kier alpha value is -3.92. The number of halogens is 1. The molecule has 1 aliphatic carbocycles. The number of carbonyl (C=O) groups excluding carboxylic acids is 1. The van der Waals surface area contributed by atoms with Gasteiger partial charge in [0.25, 0.3) is 5.91 Å². The smallest absolute Gasteiger partial charge is 0.262 e. The summed E-state index contributed by atoms with van der Waals surface area (Å²) in [6.45, 7) is 5.95. The number of anilines is 1. The predicted octanol–water partition coefficient (Wildman–Crippen LogP) is 4.94. The molecule has 2 aliphatic rings. The largest absolute Gasteiger partial charge is 0.358 e. The molecule has 2 atom stereocenters. The Kier molecular flexibility index (Phi) is 5.63. The fraction of sp³-hybridized carbons (Fsp3) is 0.370. The summed E-state index contributed by atoms with van der Waals surface area (Å²) < 4.78 is 25.3. The van der Waals surface area contributed by atoms with Crippen LogP contribution in [0.2, 0.25) is 0 Å². The summed E-state index contributed by atoms with van der Waals surface area (Å²) in [7, 11) is 1.40. The molecule has 2 unspecified atom stereocenters. The number of nitrogens with zero attached hydrogens (tertiary/aromatic N) is 7. The fourth-order valence-electron chi connectivity index (χ4n) is 4.95. The van der Waals surface area contributed by atoms with Gasteiger partial charge in [0.15, 0.2) is 18.2 Å². The second-order valence-electron chi connectivity index (χ2n) is 9.95. The maximum atomic E-state index is 15.9. The third kappa shape index (κ3) is 3.92. The number of benzene rings is 1. The average molecular weight is 502 g/mol. The molecule has 0 N–H and O–H groups in total. The molecule has 0 spiro atoms. The summed E-state index contributed by atoms with van der Waals surface area (Å²) in [6.07, 6.45) is 4.98. The van der Waals surface area contributed by atoms with Crippen molar-refractivity contribution in [1.82, 2.24) is 29.3 Å². The number of pyridine rings is 1. The number of hydrogen-bond acceptors (Lipinski definition) is 6. The number of rotatable bonds is 6. The maximum absolute atomic E-state index is 15.9. The highest BCUT2D eigenvalue weighted by Crippen LogP contribution is 2.41. The lowest BCUT2D eigenvalue weighted by atomic mass is 9.93. The van der Waals surface area contributed by atoms with Gasteiger partial charge in [-0.1, -0.05) is 12.1 Å². The molecule has 1 saturated carbocycles. The highest BCUT2D eigenvalue weighted by molar-refractivity contribution is 6.08. The van der Waals surface area contributed by atoms with Gasteiger partial charge in [-0.25, -0.2) is 14.4 Å². The third-order valence-corrected chi connectivity index (χ3v) is 7.08. The van der Waals surface area contributed by atoms with E-state index in [1.165, 1.54) is 12.0 Å². The number of alkyl halides is 1. The van der Waals surface area contributed by atoms with E-state index < -0.39 is 12.4 Å². The minimum atomic E-state index is -1.56. The summed E-state index contributed by atoms with van der Waals surface area (Å²) in [5, 5.41) is 8.22. The van der Waals surface area contributed by atoms with Crippen molar-refractivity contribution in [3.05, 3.63) is 71.6 Å². The molecule has 1 aliphatic heterocycles. The molecule has 0 bridgehead atoms. The Morgan fingerprint density at radius 3 is 2.70 bits per heavy atom. The molecule has 4 aromatic rings. The first kappa shape index (κ1) is 23.5. The van der Waals surface area contributed by atoms with E-state index in [2.05, 4.69) is 20.2 Å². The van der Waals surface area contributed by atoms with Gasteiger partial charge in [-0.2, -0.15) is 0 Å². The summed E-state index contributed by atoms with van der Waals surface area (Å²) >= 11 is 0. The molecule has 190 valence electrons. The Labute approximate surface area is 213 Å². The Balaban J connectivity index is 1.42. The summed E-state index contributed by atoms with van der Waals surface area (Å²) in [5.41, 5.74) is 3.81. The molecule has 0 radical (unpaired) electrons. The first-order chi connectivity index (χ1) is 17.9. The van der Waals surface area contributed by atoms with Gasteiger partial charge in [-0.05, 0) is 57.4 Å². The van der Waals surface area contributed by atoms with Crippen LogP contribution in [0.4, 0.5) is 10.2 Å². The number of methoxy groups -OCH3 is 1. The van der Waals surface area contributed by atoms with E-state index in [1.807, 2.05) is 36.1 Å². The Bertz CT molecular complexity index is 1490. The van der Waals surface area contributed by atoms with Crippen LogP contribution in [-0.4, -0.2) is 48.5 Å². The molecular formula is C27H28FN7O2. The van der Waals surface area contributed by atoms with Gasteiger partial charge in [-0.3, -0.25) is 9.69 Å². The van der Waals surface area contributed by atoms with Gasteiger partial charge in [-0.15, -0.1) is 10.2 Å². The van der Waals surface area contributed by atoms with Crippen molar-refractivity contribution in [3.8, 4) is 17.2 Å². The molecule has 1 aromatic carbocycles. The van der Waals surface area contributed by atoms with Gasteiger partial charge in [0, 0.05) is 36.4 Å². The van der Waals surface area contributed by atoms with Crippen LogP contribution in [0.1, 0.15) is 72.0 Å². The normalized spacial score (nSPS) is 19.5. The highest BCUT2D eigenvalue weighted by Gasteiger charge is 2.42. The average Bonchev–Trinajstić information content (AvgIpc) is 3.41. The zero-order chi connectivity index (χ0) is 25.8. The van der Waals surface area contributed by atoms with Crippen molar-refractivity contribution < 1.29 is 13.9 Å². The van der Waals surface area contributed by atoms with Crippen LogP contribution in [0.5, 0.6) is 0 Å². The van der Waals surface area contributed by atoms with Gasteiger partial charge in [0.1, 0.15) is 17.8 Å². The van der Waals surface area contributed by atoms with Crippen LogP contribution in [0, 0.1) is 6.92 Å². The van der Waals surface area contributed by atoms with E-state index in [-0.39, 0.29) is 23.3 Å². The lowest BCUT2D eigenvalue weighted by Gasteiger charge is -2.37. The quantitative estimate of drug-likeness (QED) is 0.372. The van der Waals surface area contributed by atoms with E-state index in [0.717, 1.165) is 29.8 Å². The Morgan fingerprint density at radius 1 is 1.16 bits per heavy atom. The second-order valence-corrected chi connectivity index (χ2v) is 9.95. The van der Waals surface area contributed by atoms with E-state index in [9.17, 15) is 4.79 Å². The number of amides is 1. The topological polar surface area (TPSA) is 91.0 Å². The van der Waals surface area contributed by atoms with Crippen molar-refractivity contribution in [3.63, 3.8) is 0 Å². The molecular weight excluding hydrogens is 473 g/mol. The molecule has 9 nitrogen and oxygen atoms in total. The van der Waals surface area contributed by atoms with Crippen LogP contribution in [0.25, 0.3) is 17.2 Å². The monoisotopic (exact) mass is 501 g/mol. The van der Waals surface area contributed by atoms with Crippen LogP contribution in [-0.2, 0) is 4.74 Å². The highest BCUT2D eigenvalue weighted by atomic mass is 19.1. The number of ether oxygens (including phenoxy) is 1. The maximum Gasteiger partial charge on any atom is 0.262 e. The molecule has 0 saturated heterocycles. The first-order valence-corrected chi connectivity index (χ1v) is 12.4. The van der Waals surface area contributed by atoms with Crippen LogP contribution >= 0.6 is 0 Å². The number of hydrogen-bond donors (Lipinski definition) is 0. The molecule has 6 rings (SSSR count). The molecule has 1 amide bonds. The van der Waals surface area contributed by atoms with E-state index >= 15 is 4.39 Å². The van der Waals surface area contributed by atoms with Crippen LogP contribution < -0.4 is 4.90 Å². The van der Waals surface area contributed by atoms with Gasteiger partial charge in [0.2, 0.25) is 0 Å². The second kappa shape index (κ2) is 8.88. The molecule has 3 aromatic heterocycles. The number of carbonyl (C=O) groups is 1. The summed E-state index contributed by atoms with van der Waals surface area (Å²) in [6, 6.07) is 8.84. The van der Waals surface area contributed by atoms with Crippen molar-refractivity contribution >= 4 is 11.7 Å². The fourth-order valence-corrected chi connectivity index (χ4v) is 4.95. The van der Waals surface area contributed by atoms with Crippen molar-refractivity contribution in [2.75, 3.05) is 12.0 Å². The zero-order valence-electron chi connectivity index (χ0n) is 21.2. The first-order valence-electron chi connectivity index (χ1n) is 12.4. The minimum absolute atomic E-state index is 0.117. The molecule has 4 heterocycles. The SMILES string of the molecule is COC1C(F)c2cc(C)c(-n3cnc(C4CC4)c3)cc2C(=O)N1c1cccc(-c2nncn2C(C)C)n1. The van der Waals surface area contributed by atoms with Crippen molar-refractivity contribution in [2.24, 2.45) is 0 Å². The number of aryl methyl sites for hydroxylation is 1. The zero-order valence-corrected chi connectivity index (χ0v) is 21.2. The van der Waals surface area contributed by atoms with E-state index in [1.54, 1.807) is 43.0 Å². The van der Waals surface area contributed by atoms with Crippen LogP contribution in [0.15, 0.2) is 49.2 Å². The molecule has 1 fully saturated rings. The number of imidazole rings is 1. The lowest BCUT2D eigenvalue weighted by Crippen LogP contribution is -2.49. The van der Waals surface area contributed by atoms with Gasteiger partial charge in [0.05, 0.1) is 17.7 Å². The van der Waals surface area contributed by atoms with Gasteiger partial charge < -0.3 is 13.9 Å². The standard InChI is InChI=1S/C27H28FN7O2/c1-15(2)34-14-30-32-25(34)20-6-5-7-23(31-20)35-26(36)19-11-22(33-12-21(29-13-33)17-8-9-17)16(3)10-18(19)24(28)27(35)37-4/h5-7,10-15,17,24,27H,8-9H2,1-4H3. The molecule has 10 heteroatoms. The predicted molar refractivity (Wildman–Crippen MR) is 135 cm³/mol. The Morgan fingerprint density at radius 2 is 1.97 bits per heavy atom. The van der Waals surface area contributed by atoms with Gasteiger partial charge >= 0.3 is 0 Å². The van der Waals surface area contributed by atoms with Crippen LogP contribution in [0.3, 0.4) is 0 Å². The third-order valence-electron chi connectivity index (χ3n) is 7.08. The number of fused-ring (bicyclic) bond motifs is 1.